The minimum atomic E-state index is -0.670. The minimum absolute atomic E-state index is 0.107. The second-order valence-electron chi connectivity index (χ2n) is 8.13. The SMILES string of the molecule is C[C@@H]1C/C=C\C[C@@H](c2ccc3c(c2)OCO3)NC(=O)[C@H](C)N(C)C(=O)c2ccccc2O1. The summed E-state index contributed by atoms with van der Waals surface area (Å²) in [7, 11) is 1.63. The number of rotatable bonds is 1. The lowest BCUT2D eigenvalue weighted by atomic mass is 10.0. The smallest absolute Gasteiger partial charge is 0.258 e. The molecule has 4 rings (SSSR count). The van der Waals surface area contributed by atoms with Gasteiger partial charge in [-0.05, 0) is 50.1 Å². The Hall–Kier alpha value is -3.48. The van der Waals surface area contributed by atoms with E-state index in [2.05, 4.69) is 5.32 Å². The molecule has 32 heavy (non-hydrogen) atoms. The van der Waals surface area contributed by atoms with Crippen LogP contribution in [0.1, 0.15) is 48.7 Å². The van der Waals surface area contributed by atoms with E-state index in [1.807, 2.05) is 43.3 Å². The third kappa shape index (κ3) is 4.56. The maximum Gasteiger partial charge on any atom is 0.258 e. The summed E-state index contributed by atoms with van der Waals surface area (Å²) in [5.41, 5.74) is 1.35. The van der Waals surface area contributed by atoms with Crippen molar-refractivity contribution in [2.75, 3.05) is 13.8 Å². The summed E-state index contributed by atoms with van der Waals surface area (Å²) >= 11 is 0. The number of nitrogens with zero attached hydrogens (tertiary/aromatic N) is 1. The van der Waals surface area contributed by atoms with Crippen LogP contribution in [-0.2, 0) is 4.79 Å². The van der Waals surface area contributed by atoms with Crippen molar-refractivity contribution in [1.29, 1.82) is 0 Å². The van der Waals surface area contributed by atoms with E-state index in [1.54, 1.807) is 32.2 Å². The number of amides is 2. The summed E-state index contributed by atoms with van der Waals surface area (Å²) in [4.78, 5) is 27.7. The predicted molar refractivity (Wildman–Crippen MR) is 120 cm³/mol. The van der Waals surface area contributed by atoms with Gasteiger partial charge < -0.3 is 24.4 Å². The molecule has 0 bridgehead atoms. The summed E-state index contributed by atoms with van der Waals surface area (Å²) < 4.78 is 17.0. The van der Waals surface area contributed by atoms with Gasteiger partial charge in [0.2, 0.25) is 12.7 Å². The van der Waals surface area contributed by atoms with Crippen molar-refractivity contribution in [3.05, 3.63) is 65.7 Å². The molecule has 2 aliphatic rings. The Bertz CT molecular complexity index is 1030. The van der Waals surface area contributed by atoms with Crippen molar-refractivity contribution >= 4 is 11.8 Å². The minimum Gasteiger partial charge on any atom is -0.490 e. The van der Waals surface area contributed by atoms with Crippen LogP contribution in [0.2, 0.25) is 0 Å². The lowest BCUT2D eigenvalue weighted by Gasteiger charge is -2.28. The van der Waals surface area contributed by atoms with Crippen molar-refractivity contribution in [1.82, 2.24) is 10.2 Å². The first kappa shape index (κ1) is 21.7. The van der Waals surface area contributed by atoms with Crippen molar-refractivity contribution in [3.8, 4) is 17.2 Å². The fourth-order valence-corrected chi connectivity index (χ4v) is 3.77. The Kier molecular flexibility index (Phi) is 6.35. The third-order valence-corrected chi connectivity index (χ3v) is 5.85. The Labute approximate surface area is 188 Å². The molecular formula is C25H28N2O5. The maximum atomic E-state index is 13.2. The molecule has 0 saturated heterocycles. The van der Waals surface area contributed by atoms with Gasteiger partial charge in [0.15, 0.2) is 11.5 Å². The van der Waals surface area contributed by atoms with Crippen molar-refractivity contribution < 1.29 is 23.8 Å². The van der Waals surface area contributed by atoms with E-state index in [0.717, 1.165) is 5.56 Å². The van der Waals surface area contributed by atoms with Gasteiger partial charge in [-0.25, -0.2) is 0 Å². The van der Waals surface area contributed by atoms with Gasteiger partial charge in [-0.1, -0.05) is 30.4 Å². The zero-order valence-corrected chi connectivity index (χ0v) is 18.5. The maximum absolute atomic E-state index is 13.2. The summed E-state index contributed by atoms with van der Waals surface area (Å²) in [6.45, 7) is 3.89. The van der Waals surface area contributed by atoms with Crippen LogP contribution in [0.25, 0.3) is 0 Å². The van der Waals surface area contributed by atoms with Crippen molar-refractivity contribution in [2.24, 2.45) is 0 Å². The average Bonchev–Trinajstić information content (AvgIpc) is 3.27. The number of benzene rings is 2. The second-order valence-corrected chi connectivity index (χ2v) is 8.13. The molecule has 0 aromatic heterocycles. The molecule has 7 nitrogen and oxygen atoms in total. The summed E-state index contributed by atoms with van der Waals surface area (Å²) in [5.74, 6) is 1.38. The quantitative estimate of drug-likeness (QED) is 0.687. The molecule has 0 aliphatic carbocycles. The standard InChI is InChI=1S/C25H28N2O5/c1-16-8-4-6-10-20(18-12-13-22-23(14-18)31-15-30-22)26-24(28)17(2)27(3)25(29)19-9-5-7-11-21(19)32-16/h4-7,9,11-14,16-17,20H,8,10,15H2,1-3H3,(H,26,28)/b6-4-/t16-,17+,20+/m1/s1. The topological polar surface area (TPSA) is 77.1 Å². The van der Waals surface area contributed by atoms with Gasteiger partial charge >= 0.3 is 0 Å². The molecule has 0 unspecified atom stereocenters. The van der Waals surface area contributed by atoms with Gasteiger partial charge in [-0.2, -0.15) is 0 Å². The Morgan fingerprint density at radius 3 is 2.53 bits per heavy atom. The molecule has 168 valence electrons. The van der Waals surface area contributed by atoms with Crippen LogP contribution in [0.4, 0.5) is 0 Å². The number of fused-ring (bicyclic) bond motifs is 2. The van der Waals surface area contributed by atoms with Gasteiger partial charge in [0.1, 0.15) is 11.8 Å². The molecule has 1 N–H and O–H groups in total. The molecule has 0 saturated carbocycles. The highest BCUT2D eigenvalue weighted by Crippen LogP contribution is 2.35. The highest BCUT2D eigenvalue weighted by molar-refractivity contribution is 5.99. The summed E-state index contributed by atoms with van der Waals surface area (Å²) in [5, 5.41) is 3.10. The van der Waals surface area contributed by atoms with Crippen LogP contribution in [-0.4, -0.2) is 42.7 Å². The monoisotopic (exact) mass is 436 g/mol. The van der Waals surface area contributed by atoms with Crippen molar-refractivity contribution in [2.45, 2.75) is 44.9 Å². The molecule has 2 aliphatic heterocycles. The number of likely N-dealkylation sites (N-methyl/N-ethyl adjacent to an activating group) is 1. The van der Waals surface area contributed by atoms with Crippen molar-refractivity contribution in [3.63, 3.8) is 0 Å². The van der Waals surface area contributed by atoms with Gasteiger partial charge in [0, 0.05) is 13.5 Å². The fourth-order valence-electron chi connectivity index (χ4n) is 3.77. The number of para-hydroxylation sites is 1. The first-order valence-corrected chi connectivity index (χ1v) is 10.8. The molecule has 2 aromatic carbocycles. The number of nitrogens with one attached hydrogen (secondary N) is 1. The van der Waals surface area contributed by atoms with E-state index < -0.39 is 6.04 Å². The van der Waals surface area contributed by atoms with E-state index >= 15 is 0 Å². The predicted octanol–water partition coefficient (Wildman–Crippen LogP) is 3.85. The second kappa shape index (κ2) is 9.34. The first-order chi connectivity index (χ1) is 15.4. The van der Waals surface area contributed by atoms with Crippen LogP contribution >= 0.6 is 0 Å². The van der Waals surface area contributed by atoms with Gasteiger partial charge in [-0.3, -0.25) is 9.59 Å². The molecule has 2 heterocycles. The van der Waals surface area contributed by atoms with Crippen LogP contribution in [0.3, 0.4) is 0 Å². The molecule has 2 aromatic rings. The normalized spacial score (nSPS) is 24.7. The highest BCUT2D eigenvalue weighted by Gasteiger charge is 2.28. The van der Waals surface area contributed by atoms with Gasteiger partial charge in [-0.15, -0.1) is 0 Å². The lowest BCUT2D eigenvalue weighted by molar-refractivity contribution is -0.125. The van der Waals surface area contributed by atoms with Gasteiger partial charge in [0.25, 0.3) is 5.91 Å². The lowest BCUT2D eigenvalue weighted by Crippen LogP contribution is -2.47. The van der Waals surface area contributed by atoms with E-state index in [9.17, 15) is 9.59 Å². The summed E-state index contributed by atoms with van der Waals surface area (Å²) in [6, 6.07) is 11.9. The van der Waals surface area contributed by atoms with E-state index in [1.165, 1.54) is 4.90 Å². The molecule has 3 atom stereocenters. The third-order valence-electron chi connectivity index (χ3n) is 5.85. The first-order valence-electron chi connectivity index (χ1n) is 10.8. The molecule has 0 spiro atoms. The summed E-state index contributed by atoms with van der Waals surface area (Å²) in [6.07, 6.45) is 5.26. The molecule has 2 amide bonds. The number of ether oxygens (including phenoxy) is 3. The number of carbonyl (C=O) groups excluding carboxylic acids is 2. The van der Waals surface area contributed by atoms with E-state index in [4.69, 9.17) is 14.2 Å². The Morgan fingerprint density at radius 2 is 1.69 bits per heavy atom. The number of hydrogen-bond acceptors (Lipinski definition) is 5. The van der Waals surface area contributed by atoms with Crippen LogP contribution in [0, 0.1) is 0 Å². The number of hydrogen-bond donors (Lipinski definition) is 1. The molecule has 0 fully saturated rings. The zero-order valence-electron chi connectivity index (χ0n) is 18.5. The Morgan fingerprint density at radius 1 is 0.938 bits per heavy atom. The average molecular weight is 437 g/mol. The highest BCUT2D eigenvalue weighted by atomic mass is 16.7. The van der Waals surface area contributed by atoms with Crippen LogP contribution in [0.5, 0.6) is 17.2 Å². The fraction of sp³-hybridized carbons (Fsp3) is 0.360. The zero-order chi connectivity index (χ0) is 22.7. The molecular weight excluding hydrogens is 408 g/mol. The van der Waals surface area contributed by atoms with Crippen LogP contribution < -0.4 is 19.5 Å². The largest absolute Gasteiger partial charge is 0.490 e. The van der Waals surface area contributed by atoms with E-state index in [0.29, 0.717) is 35.7 Å². The Balaban J connectivity index is 1.64. The van der Waals surface area contributed by atoms with E-state index in [-0.39, 0.29) is 30.8 Å². The van der Waals surface area contributed by atoms with Crippen LogP contribution in [0.15, 0.2) is 54.6 Å². The van der Waals surface area contributed by atoms with Gasteiger partial charge in [0.05, 0.1) is 17.7 Å². The molecule has 7 heteroatoms. The number of carbonyl (C=O) groups is 2. The molecule has 0 radical (unpaired) electrons.